The lowest BCUT2D eigenvalue weighted by Crippen LogP contribution is -2.47. The predicted molar refractivity (Wildman–Crippen MR) is 105 cm³/mol. The van der Waals surface area contributed by atoms with Gasteiger partial charge in [0.15, 0.2) is 0 Å². The predicted octanol–water partition coefficient (Wildman–Crippen LogP) is -0.306. The van der Waals surface area contributed by atoms with Crippen LogP contribution < -0.4 is 21.7 Å². The number of hydrogen-bond acceptors (Lipinski definition) is 5. The second-order valence-corrected chi connectivity index (χ2v) is 7.02. The van der Waals surface area contributed by atoms with Gasteiger partial charge < -0.3 is 26.6 Å². The van der Waals surface area contributed by atoms with Crippen molar-refractivity contribution in [2.45, 2.75) is 26.4 Å². The Balaban J connectivity index is 2.37. The molecule has 1 rings (SSSR count). The minimum atomic E-state index is -0.630. The maximum Gasteiger partial charge on any atom is 0.251 e. The van der Waals surface area contributed by atoms with Crippen molar-refractivity contribution < 1.29 is 14.4 Å². The molecule has 0 aliphatic heterocycles. The van der Waals surface area contributed by atoms with E-state index in [1.807, 2.05) is 32.8 Å². The molecule has 150 valence electrons. The number of amides is 3. The van der Waals surface area contributed by atoms with Crippen LogP contribution in [0.15, 0.2) is 24.3 Å². The summed E-state index contributed by atoms with van der Waals surface area (Å²) in [6.07, 6.45) is 0. The lowest BCUT2D eigenvalue weighted by Gasteiger charge is -2.15. The number of nitrogens with zero attached hydrogens (tertiary/aromatic N) is 1. The van der Waals surface area contributed by atoms with Gasteiger partial charge in [0.1, 0.15) is 0 Å². The van der Waals surface area contributed by atoms with E-state index >= 15 is 0 Å². The van der Waals surface area contributed by atoms with E-state index in [0.717, 1.165) is 12.1 Å². The fraction of sp³-hybridized carbons (Fsp3) is 0.526. The zero-order valence-electron chi connectivity index (χ0n) is 16.5. The van der Waals surface area contributed by atoms with E-state index in [9.17, 15) is 14.4 Å². The smallest absolute Gasteiger partial charge is 0.251 e. The second-order valence-electron chi connectivity index (χ2n) is 7.02. The Morgan fingerprint density at radius 1 is 1.04 bits per heavy atom. The van der Waals surface area contributed by atoms with Crippen molar-refractivity contribution in [2.24, 2.45) is 11.7 Å². The molecule has 0 aliphatic rings. The lowest BCUT2D eigenvalue weighted by molar-refractivity contribution is -0.127. The van der Waals surface area contributed by atoms with Crippen molar-refractivity contribution >= 4 is 17.7 Å². The van der Waals surface area contributed by atoms with Gasteiger partial charge >= 0.3 is 0 Å². The summed E-state index contributed by atoms with van der Waals surface area (Å²) < 4.78 is 0. The largest absolute Gasteiger partial charge is 0.351 e. The molecule has 5 N–H and O–H groups in total. The van der Waals surface area contributed by atoms with Crippen LogP contribution in [-0.4, -0.2) is 62.4 Å². The van der Waals surface area contributed by atoms with Gasteiger partial charge in [-0.15, -0.1) is 0 Å². The average Bonchev–Trinajstić information content (AvgIpc) is 2.63. The number of carbonyl (C=O) groups excluding carboxylic acids is 3. The summed E-state index contributed by atoms with van der Waals surface area (Å²) in [5, 5.41) is 8.08. The fourth-order valence-electron chi connectivity index (χ4n) is 2.12. The number of rotatable bonds is 10. The van der Waals surface area contributed by atoms with Crippen LogP contribution in [0.25, 0.3) is 0 Å². The van der Waals surface area contributed by atoms with E-state index in [1.54, 1.807) is 24.3 Å². The molecule has 1 aromatic carbocycles. The van der Waals surface area contributed by atoms with E-state index in [-0.39, 0.29) is 30.2 Å². The first-order valence-electron chi connectivity index (χ1n) is 9.02. The highest BCUT2D eigenvalue weighted by atomic mass is 16.2. The van der Waals surface area contributed by atoms with Crippen molar-refractivity contribution in [3.63, 3.8) is 0 Å². The van der Waals surface area contributed by atoms with Crippen molar-refractivity contribution in [1.29, 1.82) is 0 Å². The lowest BCUT2D eigenvalue weighted by atomic mass is 10.1. The molecule has 8 nitrogen and oxygen atoms in total. The molecule has 0 spiro atoms. The SMILES string of the molecule is CC(C)[C@H](N)C(=O)NCC(=O)NCc1ccc(C(=O)NCCN(C)C)cc1. The van der Waals surface area contributed by atoms with E-state index in [2.05, 4.69) is 16.0 Å². The average molecular weight is 377 g/mol. The van der Waals surface area contributed by atoms with Crippen LogP contribution >= 0.6 is 0 Å². The quantitative estimate of drug-likeness (QED) is 0.446. The molecular formula is C19H31N5O3. The molecule has 0 bridgehead atoms. The maximum atomic E-state index is 12.0. The highest BCUT2D eigenvalue weighted by Gasteiger charge is 2.17. The number of carbonyl (C=O) groups is 3. The summed E-state index contributed by atoms with van der Waals surface area (Å²) in [4.78, 5) is 37.5. The molecule has 1 atom stereocenters. The minimum Gasteiger partial charge on any atom is -0.351 e. The van der Waals surface area contributed by atoms with Gasteiger partial charge in [-0.2, -0.15) is 0 Å². The molecule has 0 aliphatic carbocycles. The standard InChI is InChI=1S/C19H31N5O3/c1-13(2)17(20)19(27)23-12-16(25)22-11-14-5-7-15(8-6-14)18(26)21-9-10-24(3)4/h5-8,13,17H,9-12,20H2,1-4H3,(H,21,26)(H,22,25)(H,23,27)/t17-/m0/s1. The molecule has 0 fully saturated rings. The first kappa shape index (κ1) is 22.6. The first-order chi connectivity index (χ1) is 12.7. The van der Waals surface area contributed by atoms with E-state index in [4.69, 9.17) is 5.73 Å². The Labute approximate surface area is 160 Å². The van der Waals surface area contributed by atoms with E-state index < -0.39 is 6.04 Å². The molecule has 0 saturated carbocycles. The molecule has 0 unspecified atom stereocenters. The Bertz CT molecular complexity index is 629. The first-order valence-corrected chi connectivity index (χ1v) is 9.02. The maximum absolute atomic E-state index is 12.0. The van der Waals surface area contributed by atoms with Crippen LogP contribution in [0.3, 0.4) is 0 Å². The third kappa shape index (κ3) is 8.65. The number of nitrogens with one attached hydrogen (secondary N) is 3. The van der Waals surface area contributed by atoms with Crippen LogP contribution in [0.1, 0.15) is 29.8 Å². The van der Waals surface area contributed by atoms with Crippen LogP contribution in [0.2, 0.25) is 0 Å². The molecular weight excluding hydrogens is 346 g/mol. The summed E-state index contributed by atoms with van der Waals surface area (Å²) in [5.74, 6) is -0.766. The minimum absolute atomic E-state index is 0.00616. The number of likely N-dealkylation sites (N-methyl/N-ethyl adjacent to an activating group) is 1. The molecule has 0 saturated heterocycles. The van der Waals surface area contributed by atoms with Crippen LogP contribution in [0, 0.1) is 5.92 Å². The zero-order valence-corrected chi connectivity index (χ0v) is 16.5. The van der Waals surface area contributed by atoms with Gasteiger partial charge in [-0.3, -0.25) is 14.4 Å². The molecule has 3 amide bonds. The number of benzene rings is 1. The number of nitrogens with two attached hydrogens (primary N) is 1. The van der Waals surface area contributed by atoms with Crippen molar-refractivity contribution in [1.82, 2.24) is 20.9 Å². The third-order valence-corrected chi connectivity index (χ3v) is 3.99. The highest BCUT2D eigenvalue weighted by molar-refractivity contribution is 5.94. The van der Waals surface area contributed by atoms with Gasteiger partial charge in [0, 0.05) is 25.2 Å². The molecule has 8 heteroatoms. The van der Waals surface area contributed by atoms with Crippen molar-refractivity contribution in [3.8, 4) is 0 Å². The molecule has 0 heterocycles. The van der Waals surface area contributed by atoms with Crippen molar-refractivity contribution in [2.75, 3.05) is 33.7 Å². The monoisotopic (exact) mass is 377 g/mol. The second kappa shape index (κ2) is 11.3. The van der Waals surface area contributed by atoms with Gasteiger partial charge in [-0.25, -0.2) is 0 Å². The van der Waals surface area contributed by atoms with Crippen molar-refractivity contribution in [3.05, 3.63) is 35.4 Å². The van der Waals surface area contributed by atoms with Gasteiger partial charge in [-0.1, -0.05) is 26.0 Å². The van der Waals surface area contributed by atoms with Gasteiger partial charge in [0.2, 0.25) is 11.8 Å². The molecule has 0 aromatic heterocycles. The third-order valence-electron chi connectivity index (χ3n) is 3.99. The topological polar surface area (TPSA) is 117 Å². The van der Waals surface area contributed by atoms with Gasteiger partial charge in [-0.05, 0) is 37.7 Å². The van der Waals surface area contributed by atoms with Crippen LogP contribution in [0.4, 0.5) is 0 Å². The summed E-state index contributed by atoms with van der Waals surface area (Å²) >= 11 is 0. The summed E-state index contributed by atoms with van der Waals surface area (Å²) in [7, 11) is 3.89. The summed E-state index contributed by atoms with van der Waals surface area (Å²) in [6.45, 7) is 5.23. The highest BCUT2D eigenvalue weighted by Crippen LogP contribution is 2.04. The van der Waals surface area contributed by atoms with E-state index in [1.165, 1.54) is 0 Å². The molecule has 1 aromatic rings. The normalized spacial score (nSPS) is 12.0. The fourth-order valence-corrected chi connectivity index (χ4v) is 2.12. The zero-order chi connectivity index (χ0) is 20.4. The van der Waals surface area contributed by atoms with Crippen LogP contribution in [-0.2, 0) is 16.1 Å². The Kier molecular flexibility index (Phi) is 9.46. The molecule has 0 radical (unpaired) electrons. The summed E-state index contributed by atoms with van der Waals surface area (Å²) in [5.41, 5.74) is 7.14. The van der Waals surface area contributed by atoms with Gasteiger partial charge in [0.25, 0.3) is 5.91 Å². The summed E-state index contributed by atoms with van der Waals surface area (Å²) in [6, 6.07) is 6.38. The van der Waals surface area contributed by atoms with Crippen LogP contribution in [0.5, 0.6) is 0 Å². The Hall–Kier alpha value is -2.45. The Morgan fingerprint density at radius 3 is 2.22 bits per heavy atom. The Morgan fingerprint density at radius 2 is 1.67 bits per heavy atom. The number of hydrogen-bond donors (Lipinski definition) is 4. The van der Waals surface area contributed by atoms with E-state index in [0.29, 0.717) is 18.7 Å². The molecule has 27 heavy (non-hydrogen) atoms. The van der Waals surface area contributed by atoms with Gasteiger partial charge in [0.05, 0.1) is 12.6 Å².